The van der Waals surface area contributed by atoms with Crippen LogP contribution < -0.4 is 10.6 Å². The Morgan fingerprint density at radius 3 is 2.62 bits per heavy atom. The number of carbonyl (C=O) groups excluding carboxylic acids is 1. The Kier molecular flexibility index (Phi) is 3.66. The highest BCUT2D eigenvalue weighted by Crippen LogP contribution is 2.35. The maximum atomic E-state index is 13.0. The lowest BCUT2D eigenvalue weighted by Crippen LogP contribution is -2.50. The quantitative estimate of drug-likeness (QED) is 0.850. The van der Waals surface area contributed by atoms with Crippen LogP contribution in [0.15, 0.2) is 18.2 Å². The zero-order valence-electron chi connectivity index (χ0n) is 13.2. The molecule has 2 aliphatic heterocycles. The van der Waals surface area contributed by atoms with E-state index in [9.17, 15) is 4.79 Å². The molecular weight excluding hydrogens is 262 g/mol. The van der Waals surface area contributed by atoms with Crippen LogP contribution in [0, 0.1) is 0 Å². The number of hydrogen-bond donors (Lipinski definition) is 1. The Balaban J connectivity index is 1.84. The summed E-state index contributed by atoms with van der Waals surface area (Å²) in [6.07, 6.45) is 3.26. The first-order valence-corrected chi connectivity index (χ1v) is 7.97. The number of nitrogen functional groups attached to an aromatic ring is 1. The number of anilines is 2. The minimum Gasteiger partial charge on any atom is -0.397 e. The molecular formula is C17H25N3O. The molecule has 0 saturated carbocycles. The van der Waals surface area contributed by atoms with Crippen molar-refractivity contribution < 1.29 is 4.79 Å². The Hall–Kier alpha value is -1.55. The van der Waals surface area contributed by atoms with Crippen LogP contribution >= 0.6 is 0 Å². The normalized spacial score (nSPS) is 26.9. The zero-order chi connectivity index (χ0) is 15.1. The minimum atomic E-state index is -0.0805. The molecule has 21 heavy (non-hydrogen) atoms. The van der Waals surface area contributed by atoms with Crippen molar-refractivity contribution in [3.63, 3.8) is 0 Å². The Labute approximate surface area is 126 Å². The predicted molar refractivity (Wildman–Crippen MR) is 86.4 cm³/mol. The lowest BCUT2D eigenvalue weighted by molar-refractivity contribution is -0.124. The number of likely N-dealkylation sites (tertiary alicyclic amines) is 1. The van der Waals surface area contributed by atoms with Gasteiger partial charge in [-0.15, -0.1) is 0 Å². The van der Waals surface area contributed by atoms with Crippen LogP contribution in [-0.2, 0) is 11.2 Å². The number of para-hydroxylation sites is 1. The Morgan fingerprint density at radius 2 is 1.95 bits per heavy atom. The molecule has 1 aromatic carbocycles. The molecule has 0 radical (unpaired) electrons. The third-order valence-corrected chi connectivity index (χ3v) is 5.12. The van der Waals surface area contributed by atoms with Crippen LogP contribution in [0.1, 0.15) is 39.2 Å². The number of nitrogens with two attached hydrogens (primary N) is 1. The van der Waals surface area contributed by atoms with E-state index in [1.807, 2.05) is 24.0 Å². The van der Waals surface area contributed by atoms with Crippen molar-refractivity contribution in [2.75, 3.05) is 17.2 Å². The van der Waals surface area contributed by atoms with Crippen molar-refractivity contribution in [2.45, 2.75) is 58.2 Å². The Morgan fingerprint density at radius 1 is 1.29 bits per heavy atom. The van der Waals surface area contributed by atoms with E-state index in [1.54, 1.807) is 0 Å². The average Bonchev–Trinajstić information content (AvgIpc) is 3.02. The molecule has 4 nitrogen and oxygen atoms in total. The van der Waals surface area contributed by atoms with Crippen LogP contribution in [0.25, 0.3) is 0 Å². The molecule has 0 bridgehead atoms. The van der Waals surface area contributed by atoms with Gasteiger partial charge in [0, 0.05) is 18.6 Å². The van der Waals surface area contributed by atoms with Gasteiger partial charge in [-0.2, -0.15) is 0 Å². The summed E-state index contributed by atoms with van der Waals surface area (Å²) in [5.41, 5.74) is 8.95. The summed E-state index contributed by atoms with van der Waals surface area (Å²) in [5.74, 6) is 0.187. The van der Waals surface area contributed by atoms with Gasteiger partial charge in [0.05, 0.1) is 17.4 Å². The smallest absolute Gasteiger partial charge is 0.244 e. The van der Waals surface area contributed by atoms with E-state index in [-0.39, 0.29) is 11.9 Å². The first kappa shape index (κ1) is 14.4. The molecule has 4 heteroatoms. The molecule has 0 aliphatic carbocycles. The number of nitrogens with zero attached hydrogens (tertiary/aromatic N) is 2. The van der Waals surface area contributed by atoms with Crippen molar-refractivity contribution in [2.24, 2.45) is 0 Å². The number of hydrogen-bond acceptors (Lipinski definition) is 3. The van der Waals surface area contributed by atoms with Crippen LogP contribution in [0.4, 0.5) is 11.4 Å². The number of amides is 1. The topological polar surface area (TPSA) is 49.6 Å². The predicted octanol–water partition coefficient (Wildman–Crippen LogP) is 2.42. The van der Waals surface area contributed by atoms with Crippen LogP contribution in [0.5, 0.6) is 0 Å². The maximum Gasteiger partial charge on any atom is 0.244 e. The lowest BCUT2D eigenvalue weighted by atomic mass is 10.1. The number of fused-ring (bicyclic) bond motifs is 1. The molecule has 0 aromatic heterocycles. The van der Waals surface area contributed by atoms with Crippen LogP contribution in [-0.4, -0.2) is 35.5 Å². The highest BCUT2D eigenvalue weighted by atomic mass is 16.2. The second-order valence-electron chi connectivity index (χ2n) is 6.49. The molecule has 3 unspecified atom stereocenters. The van der Waals surface area contributed by atoms with Crippen molar-refractivity contribution >= 4 is 17.3 Å². The van der Waals surface area contributed by atoms with Crippen LogP contribution in [0.2, 0.25) is 0 Å². The van der Waals surface area contributed by atoms with Gasteiger partial charge in [-0.3, -0.25) is 9.69 Å². The van der Waals surface area contributed by atoms with Crippen molar-refractivity contribution in [3.05, 3.63) is 23.8 Å². The summed E-state index contributed by atoms with van der Waals surface area (Å²) in [6.45, 7) is 7.24. The molecule has 3 rings (SSSR count). The van der Waals surface area contributed by atoms with E-state index in [0.29, 0.717) is 17.8 Å². The molecule has 1 aromatic rings. The van der Waals surface area contributed by atoms with Crippen molar-refractivity contribution in [1.29, 1.82) is 0 Å². The second kappa shape index (κ2) is 5.34. The number of carbonyl (C=O) groups is 1. The van der Waals surface area contributed by atoms with Crippen molar-refractivity contribution in [3.8, 4) is 0 Å². The summed E-state index contributed by atoms with van der Waals surface area (Å²) < 4.78 is 0. The van der Waals surface area contributed by atoms with Gasteiger partial charge in [0.2, 0.25) is 5.91 Å². The first-order valence-electron chi connectivity index (χ1n) is 7.97. The second-order valence-corrected chi connectivity index (χ2v) is 6.49. The standard InChI is InChI=1S/C17H25N3O/c1-11-7-8-12(2)20(11)13(3)17(21)19-10-9-14-5-4-6-15(18)16(14)19/h4-6,11-13H,7-10,18H2,1-3H3. The molecule has 2 heterocycles. The minimum absolute atomic E-state index is 0.0805. The third-order valence-electron chi connectivity index (χ3n) is 5.12. The van der Waals surface area contributed by atoms with Gasteiger partial charge in [-0.1, -0.05) is 12.1 Å². The van der Waals surface area contributed by atoms with E-state index in [4.69, 9.17) is 5.73 Å². The van der Waals surface area contributed by atoms with Gasteiger partial charge in [0.25, 0.3) is 0 Å². The molecule has 1 fully saturated rings. The third kappa shape index (κ3) is 2.31. The van der Waals surface area contributed by atoms with Gasteiger partial charge in [-0.05, 0) is 51.7 Å². The monoisotopic (exact) mass is 287 g/mol. The molecule has 2 aliphatic rings. The fraction of sp³-hybridized carbons (Fsp3) is 0.588. The zero-order valence-corrected chi connectivity index (χ0v) is 13.2. The van der Waals surface area contributed by atoms with Gasteiger partial charge >= 0.3 is 0 Å². The number of benzene rings is 1. The maximum absolute atomic E-state index is 13.0. The lowest BCUT2D eigenvalue weighted by Gasteiger charge is -2.34. The van der Waals surface area contributed by atoms with Gasteiger partial charge in [-0.25, -0.2) is 0 Å². The van der Waals surface area contributed by atoms with Crippen molar-refractivity contribution in [1.82, 2.24) is 4.90 Å². The van der Waals surface area contributed by atoms with E-state index < -0.39 is 0 Å². The summed E-state index contributed by atoms with van der Waals surface area (Å²) >= 11 is 0. The summed E-state index contributed by atoms with van der Waals surface area (Å²) in [6, 6.07) is 6.81. The fourth-order valence-corrected chi connectivity index (χ4v) is 4.04. The highest BCUT2D eigenvalue weighted by molar-refractivity contribution is 6.01. The van der Waals surface area contributed by atoms with E-state index >= 15 is 0 Å². The molecule has 3 atom stereocenters. The van der Waals surface area contributed by atoms with Gasteiger partial charge < -0.3 is 10.6 Å². The molecule has 1 saturated heterocycles. The number of rotatable bonds is 2. The van der Waals surface area contributed by atoms with E-state index in [1.165, 1.54) is 18.4 Å². The summed E-state index contributed by atoms with van der Waals surface area (Å²) in [5, 5.41) is 0. The molecule has 1 amide bonds. The largest absolute Gasteiger partial charge is 0.397 e. The SMILES string of the molecule is CC1CCC(C)N1C(C)C(=O)N1CCc2cccc(N)c21. The van der Waals surface area contributed by atoms with E-state index in [0.717, 1.165) is 18.7 Å². The highest BCUT2D eigenvalue weighted by Gasteiger charge is 2.38. The molecule has 0 spiro atoms. The summed E-state index contributed by atoms with van der Waals surface area (Å²) in [4.78, 5) is 17.2. The average molecular weight is 287 g/mol. The Bertz CT molecular complexity index is 547. The molecule has 114 valence electrons. The first-order chi connectivity index (χ1) is 10.0. The van der Waals surface area contributed by atoms with Crippen LogP contribution in [0.3, 0.4) is 0 Å². The van der Waals surface area contributed by atoms with Gasteiger partial charge in [0.1, 0.15) is 0 Å². The van der Waals surface area contributed by atoms with Gasteiger partial charge in [0.15, 0.2) is 0 Å². The molecule has 2 N–H and O–H groups in total. The fourth-order valence-electron chi connectivity index (χ4n) is 4.04. The summed E-state index contributed by atoms with van der Waals surface area (Å²) in [7, 11) is 0. The van der Waals surface area contributed by atoms with E-state index in [2.05, 4.69) is 24.8 Å².